The molecule has 0 saturated heterocycles. The van der Waals surface area contributed by atoms with Crippen LogP contribution < -0.4 is 0 Å². The molecule has 0 bridgehead atoms. The zero-order chi connectivity index (χ0) is 13.2. The molecule has 1 aromatic carbocycles. The summed E-state index contributed by atoms with van der Waals surface area (Å²) in [5.74, 6) is -6.63. The van der Waals surface area contributed by atoms with Gasteiger partial charge in [-0.05, 0) is 6.42 Å². The molecule has 0 saturated carbocycles. The third kappa shape index (κ3) is 2.56. The number of aliphatic hydroxyl groups is 1. The summed E-state index contributed by atoms with van der Waals surface area (Å²) >= 11 is 0. The van der Waals surface area contributed by atoms with Crippen molar-refractivity contribution in [3.8, 4) is 11.8 Å². The molecule has 0 aromatic heterocycles. The van der Waals surface area contributed by atoms with Crippen molar-refractivity contribution in [1.82, 2.24) is 0 Å². The van der Waals surface area contributed by atoms with Gasteiger partial charge in [0.15, 0.2) is 23.3 Å². The molecule has 0 spiro atoms. The van der Waals surface area contributed by atoms with E-state index in [-0.39, 0.29) is 6.42 Å². The maximum absolute atomic E-state index is 13.1. The SMILES string of the molecule is CCC(O)C#Cc1c(F)c(F)c(F)c(F)c1F. The van der Waals surface area contributed by atoms with Crippen molar-refractivity contribution in [1.29, 1.82) is 0 Å². The van der Waals surface area contributed by atoms with E-state index in [2.05, 4.69) is 0 Å². The summed E-state index contributed by atoms with van der Waals surface area (Å²) in [5.41, 5.74) is -1.24. The third-order valence-electron chi connectivity index (χ3n) is 1.96. The van der Waals surface area contributed by atoms with Crippen molar-refractivity contribution < 1.29 is 27.1 Å². The van der Waals surface area contributed by atoms with Gasteiger partial charge in [0, 0.05) is 0 Å². The predicted octanol–water partition coefficient (Wildman–Crippen LogP) is 2.50. The average molecular weight is 250 g/mol. The van der Waals surface area contributed by atoms with Gasteiger partial charge in [-0.15, -0.1) is 0 Å². The Morgan fingerprint density at radius 2 is 1.35 bits per heavy atom. The Bertz CT molecular complexity index is 472. The highest BCUT2D eigenvalue weighted by Gasteiger charge is 2.24. The summed E-state index contributed by atoms with van der Waals surface area (Å²) in [7, 11) is 0. The molecule has 1 rings (SSSR count). The molecule has 1 atom stereocenters. The number of halogens is 5. The van der Waals surface area contributed by atoms with Crippen LogP contribution in [0.1, 0.15) is 18.9 Å². The van der Waals surface area contributed by atoms with Gasteiger partial charge in [0.1, 0.15) is 11.7 Å². The molecule has 0 radical (unpaired) electrons. The third-order valence-corrected chi connectivity index (χ3v) is 1.96. The van der Waals surface area contributed by atoms with E-state index in [0.29, 0.717) is 0 Å². The number of benzene rings is 1. The van der Waals surface area contributed by atoms with Crippen LogP contribution in [0.15, 0.2) is 0 Å². The Hall–Kier alpha value is -1.61. The Morgan fingerprint density at radius 1 is 0.941 bits per heavy atom. The molecule has 1 nitrogen and oxygen atoms in total. The van der Waals surface area contributed by atoms with Gasteiger partial charge in [0.05, 0.1) is 0 Å². The molecule has 17 heavy (non-hydrogen) atoms. The van der Waals surface area contributed by atoms with E-state index in [0.717, 1.165) is 0 Å². The first-order valence-electron chi connectivity index (χ1n) is 4.61. The summed E-state index contributed by atoms with van der Waals surface area (Å²) in [6, 6.07) is 0. The minimum atomic E-state index is -2.23. The standard InChI is InChI=1S/C11H7F5O/c1-2-5(17)3-4-6-7(12)9(14)11(16)10(15)8(6)13/h5,17H,2H2,1H3. The Kier molecular flexibility index (Phi) is 4.07. The van der Waals surface area contributed by atoms with Crippen LogP contribution in [0.3, 0.4) is 0 Å². The van der Waals surface area contributed by atoms with Crippen LogP contribution in [0.4, 0.5) is 22.0 Å². The van der Waals surface area contributed by atoms with Gasteiger partial charge >= 0.3 is 0 Å². The zero-order valence-electron chi connectivity index (χ0n) is 8.62. The molecule has 92 valence electrons. The van der Waals surface area contributed by atoms with Crippen LogP contribution in [-0.4, -0.2) is 11.2 Å². The topological polar surface area (TPSA) is 20.2 Å². The molecular formula is C11H7F5O. The summed E-state index contributed by atoms with van der Waals surface area (Å²) in [6.07, 6.45) is -1.02. The molecule has 1 N–H and O–H groups in total. The number of rotatable bonds is 1. The maximum Gasteiger partial charge on any atom is 0.200 e. The van der Waals surface area contributed by atoms with Crippen LogP contribution in [0.5, 0.6) is 0 Å². The second-order valence-corrected chi connectivity index (χ2v) is 3.14. The molecule has 0 aliphatic carbocycles. The van der Waals surface area contributed by atoms with Crippen molar-refractivity contribution in [2.24, 2.45) is 0 Å². The lowest BCUT2D eigenvalue weighted by Crippen LogP contribution is -2.05. The van der Waals surface area contributed by atoms with E-state index < -0.39 is 40.8 Å². The zero-order valence-corrected chi connectivity index (χ0v) is 8.62. The van der Waals surface area contributed by atoms with E-state index in [1.807, 2.05) is 5.92 Å². The second-order valence-electron chi connectivity index (χ2n) is 3.14. The number of hydrogen-bond donors (Lipinski definition) is 1. The minimum Gasteiger partial charge on any atom is -0.380 e. The van der Waals surface area contributed by atoms with Crippen molar-refractivity contribution in [3.63, 3.8) is 0 Å². The fourth-order valence-corrected chi connectivity index (χ4v) is 0.972. The van der Waals surface area contributed by atoms with Crippen LogP contribution in [-0.2, 0) is 0 Å². The molecular weight excluding hydrogens is 243 g/mol. The number of aliphatic hydroxyl groups excluding tert-OH is 1. The first-order chi connectivity index (χ1) is 7.90. The summed E-state index contributed by atoms with van der Waals surface area (Å²) in [5, 5.41) is 9.01. The summed E-state index contributed by atoms with van der Waals surface area (Å²) in [6.45, 7) is 1.54. The van der Waals surface area contributed by atoms with E-state index >= 15 is 0 Å². The lowest BCUT2D eigenvalue weighted by Gasteiger charge is -2.02. The molecule has 1 aromatic rings. The van der Waals surface area contributed by atoms with E-state index in [4.69, 9.17) is 5.11 Å². The van der Waals surface area contributed by atoms with Crippen molar-refractivity contribution in [2.75, 3.05) is 0 Å². The molecule has 0 aliphatic heterocycles. The van der Waals surface area contributed by atoms with Crippen LogP contribution in [0, 0.1) is 40.9 Å². The van der Waals surface area contributed by atoms with Gasteiger partial charge in [0.2, 0.25) is 5.82 Å². The van der Waals surface area contributed by atoms with Crippen molar-refractivity contribution in [3.05, 3.63) is 34.6 Å². The van der Waals surface area contributed by atoms with Gasteiger partial charge in [0.25, 0.3) is 0 Å². The lowest BCUT2D eigenvalue weighted by molar-refractivity contribution is 0.228. The van der Waals surface area contributed by atoms with Crippen LogP contribution >= 0.6 is 0 Å². The van der Waals surface area contributed by atoms with E-state index in [1.165, 1.54) is 6.92 Å². The molecule has 1 unspecified atom stereocenters. The van der Waals surface area contributed by atoms with Crippen LogP contribution in [0.2, 0.25) is 0 Å². The summed E-state index contributed by atoms with van der Waals surface area (Å²) < 4.78 is 64.2. The smallest absolute Gasteiger partial charge is 0.200 e. The van der Waals surface area contributed by atoms with Crippen LogP contribution in [0.25, 0.3) is 0 Å². The number of hydrogen-bond acceptors (Lipinski definition) is 1. The molecule has 0 amide bonds. The fourth-order valence-electron chi connectivity index (χ4n) is 0.972. The molecule has 6 heteroatoms. The first-order valence-corrected chi connectivity index (χ1v) is 4.61. The summed E-state index contributed by atoms with van der Waals surface area (Å²) in [4.78, 5) is 0. The molecule has 0 aliphatic rings. The molecule has 0 heterocycles. The lowest BCUT2D eigenvalue weighted by atomic mass is 10.1. The normalized spacial score (nSPS) is 11.9. The molecule has 0 fully saturated rings. The quantitative estimate of drug-likeness (QED) is 0.351. The highest BCUT2D eigenvalue weighted by atomic mass is 19.2. The predicted molar refractivity (Wildman–Crippen MR) is 49.4 cm³/mol. The van der Waals surface area contributed by atoms with Gasteiger partial charge in [-0.25, -0.2) is 22.0 Å². The first kappa shape index (κ1) is 13.5. The largest absolute Gasteiger partial charge is 0.380 e. The highest BCUT2D eigenvalue weighted by Crippen LogP contribution is 2.22. The highest BCUT2D eigenvalue weighted by molar-refractivity contribution is 5.39. The van der Waals surface area contributed by atoms with Gasteiger partial charge in [-0.3, -0.25) is 0 Å². The second kappa shape index (κ2) is 5.15. The van der Waals surface area contributed by atoms with Gasteiger partial charge < -0.3 is 5.11 Å². The minimum absolute atomic E-state index is 0.169. The van der Waals surface area contributed by atoms with Crippen molar-refractivity contribution in [2.45, 2.75) is 19.4 Å². The fraction of sp³-hybridized carbons (Fsp3) is 0.273. The Morgan fingerprint density at radius 3 is 1.76 bits per heavy atom. The van der Waals surface area contributed by atoms with E-state index in [9.17, 15) is 22.0 Å². The van der Waals surface area contributed by atoms with Crippen molar-refractivity contribution >= 4 is 0 Å². The van der Waals surface area contributed by atoms with Gasteiger partial charge in [-0.1, -0.05) is 18.8 Å². The Balaban J connectivity index is 3.38. The van der Waals surface area contributed by atoms with Gasteiger partial charge in [-0.2, -0.15) is 0 Å². The maximum atomic E-state index is 13.1. The Labute approximate surface area is 93.9 Å². The average Bonchev–Trinajstić information content (AvgIpc) is 2.33. The monoisotopic (exact) mass is 250 g/mol. The van der Waals surface area contributed by atoms with E-state index in [1.54, 1.807) is 5.92 Å².